The first kappa shape index (κ1) is 14.4. The van der Waals surface area contributed by atoms with Crippen LogP contribution in [0.15, 0.2) is 23.1 Å². The van der Waals surface area contributed by atoms with E-state index >= 15 is 0 Å². The zero-order valence-electron chi connectivity index (χ0n) is 10.9. The summed E-state index contributed by atoms with van der Waals surface area (Å²) in [4.78, 5) is 0.0250. The van der Waals surface area contributed by atoms with Crippen molar-refractivity contribution >= 4 is 10.0 Å². The number of hydrogen-bond acceptors (Lipinski definition) is 3. The normalized spacial score (nSPS) is 19.8. The zero-order chi connectivity index (χ0) is 13.9. The first-order valence-corrected chi connectivity index (χ1v) is 7.94. The lowest BCUT2D eigenvalue weighted by Crippen LogP contribution is -2.27. The Morgan fingerprint density at radius 3 is 2.95 bits per heavy atom. The van der Waals surface area contributed by atoms with Gasteiger partial charge in [0, 0.05) is 6.54 Å². The van der Waals surface area contributed by atoms with Gasteiger partial charge in [0.05, 0.1) is 4.90 Å². The summed E-state index contributed by atoms with van der Waals surface area (Å²) in [6.45, 7) is 4.00. The molecule has 0 bridgehead atoms. The van der Waals surface area contributed by atoms with E-state index in [0.29, 0.717) is 18.0 Å². The Bertz CT molecular complexity index is 540. The Hall–Kier alpha value is -0.980. The van der Waals surface area contributed by atoms with E-state index in [1.807, 2.05) is 0 Å². The molecule has 6 heteroatoms. The van der Waals surface area contributed by atoms with Crippen molar-refractivity contribution in [1.29, 1.82) is 0 Å². The second-order valence-electron chi connectivity index (χ2n) is 4.96. The minimum atomic E-state index is -3.62. The molecular weight excluding hydrogens is 267 g/mol. The van der Waals surface area contributed by atoms with Crippen LogP contribution in [-0.4, -0.2) is 28.1 Å². The fraction of sp³-hybridized carbons (Fsp3) is 0.538. The molecule has 1 aromatic carbocycles. The topological polar surface area (TPSA) is 58.2 Å². The van der Waals surface area contributed by atoms with E-state index in [4.69, 9.17) is 0 Å². The van der Waals surface area contributed by atoms with Crippen LogP contribution in [0.4, 0.5) is 4.39 Å². The van der Waals surface area contributed by atoms with Gasteiger partial charge in [-0.2, -0.15) is 0 Å². The molecule has 0 aliphatic carbocycles. The van der Waals surface area contributed by atoms with Crippen molar-refractivity contribution < 1.29 is 12.8 Å². The highest BCUT2D eigenvalue weighted by Gasteiger charge is 2.19. The van der Waals surface area contributed by atoms with Crippen LogP contribution in [0, 0.1) is 18.7 Å². The van der Waals surface area contributed by atoms with Gasteiger partial charge < -0.3 is 5.32 Å². The maximum absolute atomic E-state index is 13.1. The summed E-state index contributed by atoms with van der Waals surface area (Å²) in [6.07, 6.45) is 1.89. The third kappa shape index (κ3) is 3.75. The van der Waals surface area contributed by atoms with E-state index in [-0.39, 0.29) is 4.90 Å². The van der Waals surface area contributed by atoms with Crippen LogP contribution in [-0.2, 0) is 10.0 Å². The fourth-order valence-corrected chi connectivity index (χ4v) is 3.60. The first-order valence-electron chi connectivity index (χ1n) is 6.45. The summed E-state index contributed by atoms with van der Waals surface area (Å²) in [5.41, 5.74) is 0.552. The molecule has 1 atom stereocenters. The number of halogens is 1. The maximum atomic E-state index is 13.1. The lowest BCUT2D eigenvalue weighted by atomic mass is 10.1. The molecular formula is C13H19FN2O2S. The van der Waals surface area contributed by atoms with E-state index in [2.05, 4.69) is 10.0 Å². The summed E-state index contributed by atoms with van der Waals surface area (Å²) in [6, 6.07) is 3.80. The number of benzene rings is 1. The first-order chi connectivity index (χ1) is 8.99. The van der Waals surface area contributed by atoms with Crippen LogP contribution in [0.25, 0.3) is 0 Å². The predicted octanol–water partition coefficient (Wildman–Crippen LogP) is 1.41. The van der Waals surface area contributed by atoms with Crippen LogP contribution in [0.5, 0.6) is 0 Å². The van der Waals surface area contributed by atoms with Crippen molar-refractivity contribution in [2.75, 3.05) is 19.6 Å². The summed E-state index contributed by atoms with van der Waals surface area (Å²) in [5, 5.41) is 3.24. The van der Waals surface area contributed by atoms with Crippen molar-refractivity contribution in [3.8, 4) is 0 Å². The number of rotatable bonds is 5. The molecule has 1 aliphatic rings. The second kappa shape index (κ2) is 5.98. The smallest absolute Gasteiger partial charge is 0.240 e. The molecule has 2 N–H and O–H groups in total. The molecule has 0 saturated carbocycles. The summed E-state index contributed by atoms with van der Waals surface area (Å²) >= 11 is 0. The monoisotopic (exact) mass is 286 g/mol. The van der Waals surface area contributed by atoms with Gasteiger partial charge in [-0.1, -0.05) is 6.07 Å². The fourth-order valence-electron chi connectivity index (χ4n) is 2.30. The predicted molar refractivity (Wildman–Crippen MR) is 71.9 cm³/mol. The van der Waals surface area contributed by atoms with E-state index in [9.17, 15) is 12.8 Å². The van der Waals surface area contributed by atoms with Gasteiger partial charge in [0.15, 0.2) is 0 Å². The van der Waals surface area contributed by atoms with Gasteiger partial charge in [0.1, 0.15) is 5.82 Å². The maximum Gasteiger partial charge on any atom is 0.240 e. The van der Waals surface area contributed by atoms with Crippen LogP contribution >= 0.6 is 0 Å². The van der Waals surface area contributed by atoms with E-state index < -0.39 is 15.8 Å². The highest BCUT2D eigenvalue weighted by Crippen LogP contribution is 2.17. The molecule has 0 spiro atoms. The molecule has 1 saturated heterocycles. The lowest BCUT2D eigenvalue weighted by molar-refractivity contribution is 0.518. The quantitative estimate of drug-likeness (QED) is 0.860. The highest BCUT2D eigenvalue weighted by molar-refractivity contribution is 7.89. The third-order valence-corrected chi connectivity index (χ3v) is 5.05. The lowest BCUT2D eigenvalue weighted by Gasteiger charge is -2.11. The van der Waals surface area contributed by atoms with Crippen LogP contribution in [0.3, 0.4) is 0 Å². The molecule has 0 unspecified atom stereocenters. The second-order valence-corrected chi connectivity index (χ2v) is 6.69. The van der Waals surface area contributed by atoms with Crippen molar-refractivity contribution in [2.24, 2.45) is 5.92 Å². The average Bonchev–Trinajstić information content (AvgIpc) is 2.85. The van der Waals surface area contributed by atoms with Gasteiger partial charge in [-0.05, 0) is 56.5 Å². The van der Waals surface area contributed by atoms with Gasteiger partial charge in [0.25, 0.3) is 0 Å². The Morgan fingerprint density at radius 1 is 1.47 bits per heavy atom. The molecule has 4 nitrogen and oxygen atoms in total. The third-order valence-electron chi connectivity index (χ3n) is 3.45. The minimum Gasteiger partial charge on any atom is -0.316 e. The number of nitrogens with one attached hydrogen (secondary N) is 2. The van der Waals surface area contributed by atoms with E-state index in [1.54, 1.807) is 6.92 Å². The highest BCUT2D eigenvalue weighted by atomic mass is 32.2. The standard InChI is InChI=1S/C13H19FN2O2S/c1-10-2-3-12(14)8-13(10)19(17,18)16-7-5-11-4-6-15-9-11/h2-3,8,11,15-16H,4-7,9H2,1H3/t11-/m1/s1. The van der Waals surface area contributed by atoms with Gasteiger partial charge in [-0.25, -0.2) is 17.5 Å². The summed E-state index contributed by atoms with van der Waals surface area (Å²) in [7, 11) is -3.62. The Morgan fingerprint density at radius 2 is 2.26 bits per heavy atom. The van der Waals surface area contributed by atoms with Gasteiger partial charge in [0.2, 0.25) is 10.0 Å². The van der Waals surface area contributed by atoms with Gasteiger partial charge in [-0.15, -0.1) is 0 Å². The molecule has 0 amide bonds. The zero-order valence-corrected chi connectivity index (χ0v) is 11.8. The van der Waals surface area contributed by atoms with Crippen molar-refractivity contribution in [1.82, 2.24) is 10.0 Å². The van der Waals surface area contributed by atoms with Crippen LogP contribution in [0.1, 0.15) is 18.4 Å². The van der Waals surface area contributed by atoms with Crippen LogP contribution in [0.2, 0.25) is 0 Å². The van der Waals surface area contributed by atoms with Gasteiger partial charge >= 0.3 is 0 Å². The number of aryl methyl sites for hydroxylation is 1. The molecule has 1 heterocycles. The average molecular weight is 286 g/mol. The molecule has 1 fully saturated rings. The minimum absolute atomic E-state index is 0.0250. The molecule has 1 aromatic rings. The van der Waals surface area contributed by atoms with E-state index in [1.165, 1.54) is 12.1 Å². The molecule has 2 rings (SSSR count). The van der Waals surface area contributed by atoms with Crippen molar-refractivity contribution in [3.63, 3.8) is 0 Å². The van der Waals surface area contributed by atoms with Crippen LogP contribution < -0.4 is 10.0 Å². The largest absolute Gasteiger partial charge is 0.316 e. The molecule has 0 radical (unpaired) electrons. The summed E-state index contributed by atoms with van der Waals surface area (Å²) in [5.74, 6) is -0.0118. The molecule has 0 aromatic heterocycles. The molecule has 19 heavy (non-hydrogen) atoms. The van der Waals surface area contributed by atoms with Crippen molar-refractivity contribution in [3.05, 3.63) is 29.6 Å². The number of hydrogen-bond donors (Lipinski definition) is 2. The Balaban J connectivity index is 1.99. The molecule has 1 aliphatic heterocycles. The van der Waals surface area contributed by atoms with E-state index in [0.717, 1.165) is 32.0 Å². The Labute approximate surface area is 113 Å². The van der Waals surface area contributed by atoms with Crippen molar-refractivity contribution in [2.45, 2.75) is 24.7 Å². The number of sulfonamides is 1. The molecule has 106 valence electrons. The van der Waals surface area contributed by atoms with Gasteiger partial charge in [-0.3, -0.25) is 0 Å². The summed E-state index contributed by atoms with van der Waals surface area (Å²) < 4.78 is 39.9. The SMILES string of the molecule is Cc1ccc(F)cc1S(=O)(=O)NCC[C@H]1CCNC1. The Kier molecular flexibility index (Phi) is 4.54.